The van der Waals surface area contributed by atoms with E-state index < -0.39 is 37.1 Å². The maximum atomic E-state index is 13.5. The molecule has 74 heavy (non-hydrogen) atoms. The van der Waals surface area contributed by atoms with Gasteiger partial charge in [-0.25, -0.2) is 9.59 Å². The number of rotatable bonds is 23. The minimum atomic E-state index is -4.27. The van der Waals surface area contributed by atoms with Crippen molar-refractivity contribution in [3.8, 4) is 45.6 Å². The SMILES string of the molecule is COc1cc(/C=C/C(=O)Cc2cc(N)ccc2-c2ccc(N)cc2CC(=O)/C=C/c2ccc(OC(=O)c3ccc(OCCCC(F)(F)F)cc3)c(OC)c2)ccc1OC(=O)c1ccc(OCCCC(F)(F)F)cc1. The van der Waals surface area contributed by atoms with E-state index in [0.29, 0.717) is 56.3 Å². The standard InChI is InChI=1S/C56H50F6N2O10/c1-69-51-29-35(7-23-49(51)73-53(67)37-9-17-45(18-10-37)71-27-3-25-55(57,58)59)5-15-43(65)33-39-31-41(63)13-21-47(39)48-22-14-42(64)32-40(48)34-44(66)16-6-36-8-24-50(52(30-36)70-2)74-54(68)38-11-19-46(20-12-38)72-28-4-26-56(60,61)62/h5-24,29-32H,3-4,25-28,33-34,63-64H2,1-2H3/b15-5+,16-6+. The van der Waals surface area contributed by atoms with Gasteiger partial charge in [-0.3, -0.25) is 9.59 Å². The highest BCUT2D eigenvalue weighted by molar-refractivity contribution is 5.98. The summed E-state index contributed by atoms with van der Waals surface area (Å²) in [4.78, 5) is 52.9. The van der Waals surface area contributed by atoms with Gasteiger partial charge >= 0.3 is 24.3 Å². The molecule has 0 atom stereocenters. The number of esters is 2. The van der Waals surface area contributed by atoms with Gasteiger partial charge in [0.1, 0.15) is 11.5 Å². The Morgan fingerprint density at radius 3 is 1.22 bits per heavy atom. The van der Waals surface area contributed by atoms with Gasteiger partial charge in [-0.05, 0) is 155 Å². The van der Waals surface area contributed by atoms with Crippen LogP contribution in [0.5, 0.6) is 34.5 Å². The van der Waals surface area contributed by atoms with Gasteiger partial charge < -0.3 is 39.9 Å². The predicted molar refractivity (Wildman–Crippen MR) is 267 cm³/mol. The predicted octanol–water partition coefficient (Wildman–Crippen LogP) is 12.1. The number of allylic oxidation sites excluding steroid dienone is 2. The van der Waals surface area contributed by atoms with Gasteiger partial charge in [0.2, 0.25) is 0 Å². The maximum absolute atomic E-state index is 13.5. The third-order valence-corrected chi connectivity index (χ3v) is 10.9. The molecule has 6 aromatic rings. The lowest BCUT2D eigenvalue weighted by Crippen LogP contribution is -2.10. The first-order chi connectivity index (χ1) is 35.2. The molecule has 6 rings (SSSR count). The Morgan fingerprint density at radius 1 is 0.486 bits per heavy atom. The van der Waals surface area contributed by atoms with Crippen LogP contribution in [0, 0.1) is 0 Å². The van der Waals surface area contributed by atoms with Crippen LogP contribution in [0.4, 0.5) is 37.7 Å². The van der Waals surface area contributed by atoms with Crippen LogP contribution in [-0.2, 0) is 22.4 Å². The van der Waals surface area contributed by atoms with Gasteiger partial charge in [0.15, 0.2) is 34.6 Å². The smallest absolute Gasteiger partial charge is 0.389 e. The molecule has 0 fully saturated rings. The van der Waals surface area contributed by atoms with Gasteiger partial charge in [0.25, 0.3) is 0 Å². The van der Waals surface area contributed by atoms with Crippen molar-refractivity contribution in [2.75, 3.05) is 38.9 Å². The molecule has 6 aromatic carbocycles. The first-order valence-corrected chi connectivity index (χ1v) is 22.8. The van der Waals surface area contributed by atoms with Crippen molar-refractivity contribution in [2.24, 2.45) is 0 Å². The molecular weight excluding hydrogens is 975 g/mol. The van der Waals surface area contributed by atoms with Crippen LogP contribution in [0.15, 0.2) is 133 Å². The Labute approximate surface area is 422 Å². The molecule has 0 amide bonds. The van der Waals surface area contributed by atoms with Crippen molar-refractivity contribution < 1.29 is 73.9 Å². The van der Waals surface area contributed by atoms with E-state index in [2.05, 4.69) is 0 Å². The monoisotopic (exact) mass is 1020 g/mol. The van der Waals surface area contributed by atoms with Crippen molar-refractivity contribution in [3.05, 3.63) is 167 Å². The molecule has 0 aromatic heterocycles. The van der Waals surface area contributed by atoms with Crippen molar-refractivity contribution in [2.45, 2.75) is 50.9 Å². The first kappa shape index (κ1) is 54.8. The van der Waals surface area contributed by atoms with E-state index in [0.717, 1.165) is 0 Å². The molecule has 0 saturated heterocycles. The summed E-state index contributed by atoms with van der Waals surface area (Å²) in [6, 6.07) is 31.2. The minimum absolute atomic E-state index is 0.0654. The van der Waals surface area contributed by atoms with E-state index in [1.165, 1.54) is 87.0 Å². The van der Waals surface area contributed by atoms with E-state index in [1.807, 2.05) is 0 Å². The van der Waals surface area contributed by atoms with Gasteiger partial charge in [-0.2, -0.15) is 26.3 Å². The number of carbonyl (C=O) groups excluding carboxylic acids is 4. The van der Waals surface area contributed by atoms with Crippen LogP contribution in [0.3, 0.4) is 0 Å². The van der Waals surface area contributed by atoms with E-state index in [4.69, 9.17) is 39.9 Å². The molecule has 386 valence electrons. The lowest BCUT2D eigenvalue weighted by molar-refractivity contribution is -0.137. The lowest BCUT2D eigenvalue weighted by atomic mass is 9.90. The number of hydrogen-bond acceptors (Lipinski definition) is 12. The molecule has 0 saturated carbocycles. The Balaban J connectivity index is 1.07. The fourth-order valence-electron chi connectivity index (χ4n) is 7.28. The van der Waals surface area contributed by atoms with Gasteiger partial charge in [0, 0.05) is 37.1 Å². The normalized spacial score (nSPS) is 11.6. The summed E-state index contributed by atoms with van der Waals surface area (Å²) in [6.07, 6.45) is -5.11. The molecule has 0 spiro atoms. The number of halogens is 6. The zero-order chi connectivity index (χ0) is 53.4. The summed E-state index contributed by atoms with van der Waals surface area (Å²) in [6.45, 7) is -0.281. The molecule has 0 bridgehead atoms. The molecule has 0 aliphatic carbocycles. The van der Waals surface area contributed by atoms with Gasteiger partial charge in [-0.15, -0.1) is 0 Å². The van der Waals surface area contributed by atoms with Gasteiger partial charge in [-0.1, -0.05) is 36.4 Å². The molecule has 18 heteroatoms. The number of methoxy groups -OCH3 is 2. The van der Waals surface area contributed by atoms with Crippen molar-refractivity contribution in [1.29, 1.82) is 0 Å². The van der Waals surface area contributed by atoms with Crippen LogP contribution in [-0.4, -0.2) is 63.3 Å². The molecule has 0 heterocycles. The maximum Gasteiger partial charge on any atom is 0.389 e. The van der Waals surface area contributed by atoms with Crippen LogP contribution in [0.25, 0.3) is 23.3 Å². The number of benzene rings is 6. The summed E-state index contributed by atoms with van der Waals surface area (Å²) >= 11 is 0. The second-order valence-corrected chi connectivity index (χ2v) is 16.6. The highest BCUT2D eigenvalue weighted by Crippen LogP contribution is 2.34. The molecule has 12 nitrogen and oxygen atoms in total. The largest absolute Gasteiger partial charge is 0.494 e. The number of anilines is 2. The molecular formula is C56H50F6N2O10. The summed E-state index contributed by atoms with van der Waals surface area (Å²) < 4.78 is 107. The quantitative estimate of drug-likeness (QED) is 0.0155. The average molecular weight is 1030 g/mol. The number of ketones is 2. The molecule has 0 aliphatic heterocycles. The fraction of sp³-hybridized carbons (Fsp3) is 0.214. The van der Waals surface area contributed by atoms with Crippen LogP contribution in [0.1, 0.15) is 68.7 Å². The minimum Gasteiger partial charge on any atom is -0.494 e. The lowest BCUT2D eigenvalue weighted by Gasteiger charge is -2.15. The second-order valence-electron chi connectivity index (χ2n) is 16.6. The highest BCUT2D eigenvalue weighted by Gasteiger charge is 2.27. The van der Waals surface area contributed by atoms with E-state index in [-0.39, 0.29) is 84.6 Å². The van der Waals surface area contributed by atoms with Crippen LogP contribution >= 0.6 is 0 Å². The summed E-state index contributed by atoms with van der Waals surface area (Å²) in [5.74, 6) is -0.810. The zero-order valence-electron chi connectivity index (χ0n) is 40.0. The van der Waals surface area contributed by atoms with Crippen LogP contribution in [0.2, 0.25) is 0 Å². The Kier molecular flexibility index (Phi) is 18.7. The van der Waals surface area contributed by atoms with E-state index in [1.54, 1.807) is 72.8 Å². The average Bonchev–Trinajstić information content (AvgIpc) is 3.36. The topological polar surface area (TPSA) is 176 Å². The summed E-state index contributed by atoms with van der Waals surface area (Å²) in [5.41, 5.74) is 17.1. The number of carbonyl (C=O) groups is 4. The summed E-state index contributed by atoms with van der Waals surface area (Å²) in [7, 11) is 2.77. The fourth-order valence-corrected chi connectivity index (χ4v) is 7.28. The third-order valence-electron chi connectivity index (χ3n) is 10.9. The molecule has 0 radical (unpaired) electrons. The number of hydrogen-bond donors (Lipinski definition) is 2. The second kappa shape index (κ2) is 25.2. The number of nitrogens with two attached hydrogens (primary N) is 2. The number of alkyl halides is 6. The van der Waals surface area contributed by atoms with Crippen molar-refractivity contribution in [1.82, 2.24) is 0 Å². The van der Waals surface area contributed by atoms with Gasteiger partial charge in [0.05, 0.1) is 38.6 Å². The molecule has 0 aliphatic rings. The Bertz CT molecular complexity index is 2800. The number of nitrogen functional groups attached to an aromatic ring is 2. The molecule has 4 N–H and O–H groups in total. The first-order valence-electron chi connectivity index (χ1n) is 22.8. The van der Waals surface area contributed by atoms with Crippen LogP contribution < -0.4 is 39.9 Å². The zero-order valence-corrected chi connectivity index (χ0v) is 40.0. The van der Waals surface area contributed by atoms with Crippen molar-refractivity contribution >= 4 is 47.0 Å². The molecule has 0 unspecified atom stereocenters. The Morgan fingerprint density at radius 2 is 0.865 bits per heavy atom. The highest BCUT2D eigenvalue weighted by atomic mass is 19.4. The van der Waals surface area contributed by atoms with E-state index in [9.17, 15) is 45.5 Å². The third kappa shape index (κ3) is 16.8. The summed E-state index contributed by atoms with van der Waals surface area (Å²) in [5, 5.41) is 0. The van der Waals surface area contributed by atoms with E-state index >= 15 is 0 Å². The number of ether oxygens (including phenoxy) is 6. The Hall–Kier alpha value is -8.54. The van der Waals surface area contributed by atoms with Crippen molar-refractivity contribution in [3.63, 3.8) is 0 Å².